The van der Waals surface area contributed by atoms with Crippen molar-refractivity contribution in [1.82, 2.24) is 4.98 Å². The minimum atomic E-state index is -0.629. The van der Waals surface area contributed by atoms with Gasteiger partial charge in [0.1, 0.15) is 5.69 Å². The van der Waals surface area contributed by atoms with Gasteiger partial charge in [0.05, 0.1) is 5.52 Å². The summed E-state index contributed by atoms with van der Waals surface area (Å²) in [6.07, 6.45) is 0. The quantitative estimate of drug-likeness (QED) is 0.721. The van der Waals surface area contributed by atoms with Crippen molar-refractivity contribution in [3.8, 4) is 0 Å². The van der Waals surface area contributed by atoms with E-state index < -0.39 is 5.91 Å². The lowest BCUT2D eigenvalue weighted by Gasteiger charge is -2.01. The van der Waals surface area contributed by atoms with Gasteiger partial charge in [-0.15, -0.1) is 0 Å². The third kappa shape index (κ3) is 1.61. The molecule has 1 amide bonds. The normalized spacial score (nSPS) is 10.5. The number of aromatic nitrogens is 1. The van der Waals surface area contributed by atoms with Crippen LogP contribution in [0, 0.1) is 6.92 Å². The number of fused-ring (bicyclic) bond motifs is 1. The van der Waals surface area contributed by atoms with Crippen molar-refractivity contribution >= 4 is 16.8 Å². The van der Waals surface area contributed by atoms with Crippen LogP contribution in [0.2, 0.25) is 0 Å². The summed E-state index contributed by atoms with van der Waals surface area (Å²) in [5, 5.41) is 0.561. The molecule has 0 saturated carbocycles. The second-order valence-corrected chi connectivity index (χ2v) is 3.46. The van der Waals surface area contributed by atoms with Crippen molar-refractivity contribution < 1.29 is 4.79 Å². The van der Waals surface area contributed by atoms with Gasteiger partial charge >= 0.3 is 0 Å². The van der Waals surface area contributed by atoms with Gasteiger partial charge < -0.3 is 10.7 Å². The molecule has 1 aromatic heterocycles. The molecule has 0 atom stereocenters. The van der Waals surface area contributed by atoms with Crippen LogP contribution in [0.15, 0.2) is 29.1 Å². The molecular formula is C11H10N2O2. The molecule has 1 aromatic carbocycles. The van der Waals surface area contributed by atoms with E-state index in [9.17, 15) is 9.59 Å². The minimum absolute atomic E-state index is 0.137. The van der Waals surface area contributed by atoms with Crippen LogP contribution in [0.3, 0.4) is 0 Å². The summed E-state index contributed by atoms with van der Waals surface area (Å²) in [6, 6.07) is 6.61. The molecule has 0 bridgehead atoms. The number of carbonyl (C=O) groups is 1. The average molecular weight is 202 g/mol. The van der Waals surface area contributed by atoms with Crippen LogP contribution in [-0.4, -0.2) is 10.9 Å². The number of carbonyl (C=O) groups excluding carboxylic acids is 1. The number of hydrogen-bond acceptors (Lipinski definition) is 2. The van der Waals surface area contributed by atoms with Gasteiger partial charge in [-0.05, 0) is 24.6 Å². The van der Waals surface area contributed by atoms with Crippen molar-refractivity contribution in [3.05, 3.63) is 45.7 Å². The van der Waals surface area contributed by atoms with E-state index in [1.165, 1.54) is 6.07 Å². The van der Waals surface area contributed by atoms with Gasteiger partial charge in [-0.25, -0.2) is 0 Å². The van der Waals surface area contributed by atoms with Crippen LogP contribution < -0.4 is 11.2 Å². The highest BCUT2D eigenvalue weighted by Gasteiger charge is 2.05. The van der Waals surface area contributed by atoms with E-state index in [1.54, 1.807) is 6.07 Å². The molecule has 0 aliphatic heterocycles. The molecule has 0 fully saturated rings. The number of rotatable bonds is 1. The van der Waals surface area contributed by atoms with Crippen LogP contribution in [0.4, 0.5) is 0 Å². The molecule has 2 rings (SSSR count). The Hall–Kier alpha value is -2.10. The van der Waals surface area contributed by atoms with E-state index >= 15 is 0 Å². The topological polar surface area (TPSA) is 76.0 Å². The van der Waals surface area contributed by atoms with Crippen molar-refractivity contribution in [2.75, 3.05) is 0 Å². The molecule has 0 unspecified atom stereocenters. The average Bonchev–Trinajstić information content (AvgIpc) is 2.16. The monoisotopic (exact) mass is 202 g/mol. The van der Waals surface area contributed by atoms with Gasteiger partial charge in [0.2, 0.25) is 0 Å². The molecule has 4 nitrogen and oxygen atoms in total. The summed E-state index contributed by atoms with van der Waals surface area (Å²) in [5.41, 5.74) is 6.69. The number of hydrogen-bond donors (Lipinski definition) is 2. The van der Waals surface area contributed by atoms with E-state index in [2.05, 4.69) is 4.98 Å². The van der Waals surface area contributed by atoms with Crippen LogP contribution in [0.5, 0.6) is 0 Å². The number of aromatic amines is 1. The summed E-state index contributed by atoms with van der Waals surface area (Å²) in [5.74, 6) is -0.629. The van der Waals surface area contributed by atoms with E-state index in [-0.39, 0.29) is 11.1 Å². The second-order valence-electron chi connectivity index (χ2n) is 3.46. The summed E-state index contributed by atoms with van der Waals surface area (Å²) >= 11 is 0. The van der Waals surface area contributed by atoms with E-state index in [4.69, 9.17) is 5.73 Å². The number of aryl methyl sites for hydroxylation is 1. The molecule has 76 valence electrons. The first-order valence-electron chi connectivity index (χ1n) is 4.51. The highest BCUT2D eigenvalue weighted by atomic mass is 16.1. The third-order valence-corrected chi connectivity index (χ3v) is 2.25. The first-order valence-corrected chi connectivity index (χ1v) is 4.51. The highest BCUT2D eigenvalue weighted by Crippen LogP contribution is 2.10. The lowest BCUT2D eigenvalue weighted by Crippen LogP contribution is -2.16. The zero-order valence-electron chi connectivity index (χ0n) is 8.20. The molecule has 2 aromatic rings. The van der Waals surface area contributed by atoms with E-state index in [0.717, 1.165) is 5.56 Å². The maximum atomic E-state index is 11.6. The lowest BCUT2D eigenvalue weighted by molar-refractivity contribution is 0.0996. The Labute approximate surface area is 85.7 Å². The summed E-state index contributed by atoms with van der Waals surface area (Å²) in [7, 11) is 0. The smallest absolute Gasteiger partial charge is 0.265 e. The molecule has 0 aliphatic carbocycles. The SMILES string of the molecule is Cc1ccc2c(=O)cc(C(N)=O)[nH]c2c1. The first-order chi connectivity index (χ1) is 7.08. The summed E-state index contributed by atoms with van der Waals surface area (Å²) in [4.78, 5) is 25.4. The maximum Gasteiger partial charge on any atom is 0.265 e. The first kappa shape index (κ1) is 9.45. The fourth-order valence-corrected chi connectivity index (χ4v) is 1.50. The summed E-state index contributed by atoms with van der Waals surface area (Å²) in [6.45, 7) is 1.91. The largest absolute Gasteiger partial charge is 0.364 e. The second kappa shape index (κ2) is 3.24. The zero-order valence-corrected chi connectivity index (χ0v) is 8.20. The van der Waals surface area contributed by atoms with Crippen molar-refractivity contribution in [3.63, 3.8) is 0 Å². The molecule has 3 N–H and O–H groups in total. The third-order valence-electron chi connectivity index (χ3n) is 2.25. The van der Waals surface area contributed by atoms with Gasteiger partial charge in [-0.1, -0.05) is 6.07 Å². The van der Waals surface area contributed by atoms with Crippen LogP contribution in [0.25, 0.3) is 10.9 Å². The number of nitrogens with one attached hydrogen (secondary N) is 1. The molecule has 0 spiro atoms. The fraction of sp³-hybridized carbons (Fsp3) is 0.0909. The molecule has 15 heavy (non-hydrogen) atoms. The Bertz CT molecular complexity index is 599. The lowest BCUT2D eigenvalue weighted by atomic mass is 10.1. The van der Waals surface area contributed by atoms with Crippen LogP contribution in [0.1, 0.15) is 16.1 Å². The van der Waals surface area contributed by atoms with Gasteiger partial charge in [-0.2, -0.15) is 0 Å². The van der Waals surface area contributed by atoms with Gasteiger partial charge in [0.15, 0.2) is 5.43 Å². The van der Waals surface area contributed by atoms with Crippen molar-refractivity contribution in [2.45, 2.75) is 6.92 Å². The van der Waals surface area contributed by atoms with Crippen molar-refractivity contribution in [1.29, 1.82) is 0 Å². The van der Waals surface area contributed by atoms with Gasteiger partial charge in [0.25, 0.3) is 5.91 Å². The Morgan fingerprint density at radius 1 is 1.33 bits per heavy atom. The van der Waals surface area contributed by atoms with E-state index in [0.29, 0.717) is 10.9 Å². The molecule has 1 heterocycles. The van der Waals surface area contributed by atoms with E-state index in [1.807, 2.05) is 19.1 Å². The van der Waals surface area contributed by atoms with Gasteiger partial charge in [0, 0.05) is 11.5 Å². The summed E-state index contributed by atoms with van der Waals surface area (Å²) < 4.78 is 0. The molecule has 0 radical (unpaired) electrons. The highest BCUT2D eigenvalue weighted by molar-refractivity contribution is 5.93. The molecular weight excluding hydrogens is 192 g/mol. The number of nitrogens with two attached hydrogens (primary N) is 1. The fourth-order valence-electron chi connectivity index (χ4n) is 1.50. The minimum Gasteiger partial charge on any atom is -0.364 e. The molecule has 4 heteroatoms. The van der Waals surface area contributed by atoms with Crippen LogP contribution >= 0.6 is 0 Å². The molecule has 0 saturated heterocycles. The number of H-pyrrole nitrogens is 1. The number of benzene rings is 1. The Morgan fingerprint density at radius 2 is 2.07 bits per heavy atom. The Morgan fingerprint density at radius 3 is 2.73 bits per heavy atom. The van der Waals surface area contributed by atoms with Crippen LogP contribution in [-0.2, 0) is 0 Å². The number of primary amides is 1. The number of pyridine rings is 1. The Balaban J connectivity index is 2.85. The Kier molecular flexibility index (Phi) is 2.04. The van der Waals surface area contributed by atoms with Crippen molar-refractivity contribution in [2.24, 2.45) is 5.73 Å². The zero-order chi connectivity index (χ0) is 11.0. The predicted molar refractivity (Wildman–Crippen MR) is 57.8 cm³/mol. The van der Waals surface area contributed by atoms with Gasteiger partial charge in [-0.3, -0.25) is 9.59 Å². The standard InChI is InChI=1S/C11H10N2O2/c1-6-2-3-7-8(4-6)13-9(11(12)15)5-10(7)14/h2-5H,1H3,(H2,12,15)(H,13,14). The molecule has 0 aliphatic rings. The maximum absolute atomic E-state index is 11.6. The predicted octanol–water partition coefficient (Wildman–Crippen LogP) is 0.935. The number of amides is 1.